The molecule has 2 aliphatic carbocycles. The first-order valence-corrected chi connectivity index (χ1v) is 9.95. The Balaban J connectivity index is 1.52. The van der Waals surface area contributed by atoms with Crippen molar-refractivity contribution in [1.29, 1.82) is 0 Å². The van der Waals surface area contributed by atoms with Gasteiger partial charge in [-0.1, -0.05) is 64.2 Å². The van der Waals surface area contributed by atoms with Crippen LogP contribution in [-0.2, 0) is 0 Å². The molecule has 2 aliphatic rings. The smallest absolute Gasteiger partial charge is 0.0251 e. The first-order chi connectivity index (χ1) is 8.84. The van der Waals surface area contributed by atoms with E-state index in [1.54, 1.807) is 0 Å². The molecule has 2 rings (SSSR count). The Labute approximate surface area is 115 Å². The number of hydrogen-bond donors (Lipinski definition) is 1. The van der Waals surface area contributed by atoms with Crippen LogP contribution in [0.4, 0.5) is 0 Å². The molecule has 0 atom stereocenters. The van der Waals surface area contributed by atoms with Crippen molar-refractivity contribution >= 4 is 8.15 Å². The van der Waals surface area contributed by atoms with Crippen molar-refractivity contribution in [3.63, 3.8) is 0 Å². The first-order valence-electron chi connectivity index (χ1n) is 8.28. The summed E-state index contributed by atoms with van der Waals surface area (Å²) in [6, 6.07) is 0. The van der Waals surface area contributed by atoms with Gasteiger partial charge in [-0.25, -0.2) is 0 Å². The second kappa shape index (κ2) is 8.54. The maximum absolute atomic E-state index is 10.2. The summed E-state index contributed by atoms with van der Waals surface area (Å²) in [7, 11) is -0.630. The fourth-order valence-corrected chi connectivity index (χ4v) is 5.28. The summed E-state index contributed by atoms with van der Waals surface area (Å²) in [4.78, 5) is 10.2. The summed E-state index contributed by atoms with van der Waals surface area (Å²) in [5, 5.41) is 0. The van der Waals surface area contributed by atoms with Crippen molar-refractivity contribution < 1.29 is 4.89 Å². The number of hydrogen-bond acceptors (Lipinski definition) is 1. The van der Waals surface area contributed by atoms with Crippen molar-refractivity contribution in [3.05, 3.63) is 0 Å². The minimum absolute atomic E-state index is 0.630. The molecule has 0 aliphatic heterocycles. The lowest BCUT2D eigenvalue weighted by atomic mass is 9.87. The van der Waals surface area contributed by atoms with Gasteiger partial charge in [0, 0.05) is 8.15 Å². The van der Waals surface area contributed by atoms with E-state index in [0.29, 0.717) is 0 Å². The third-order valence-electron chi connectivity index (χ3n) is 5.04. The molecule has 0 spiro atoms. The highest BCUT2D eigenvalue weighted by Gasteiger charge is 2.17. The fraction of sp³-hybridized carbons (Fsp3) is 1.00. The van der Waals surface area contributed by atoms with E-state index >= 15 is 0 Å². The summed E-state index contributed by atoms with van der Waals surface area (Å²) in [6.45, 7) is 0. The average molecular weight is 270 g/mol. The molecule has 2 heteroatoms. The quantitative estimate of drug-likeness (QED) is 0.648. The standard InChI is InChI=1S/C16H31OP/c17-18(13-11-15-7-3-1-4-8-15)14-12-16-9-5-2-6-10-16/h15-17H,1-14H2. The van der Waals surface area contributed by atoms with Crippen LogP contribution in [-0.4, -0.2) is 17.2 Å². The lowest BCUT2D eigenvalue weighted by molar-refractivity contribution is 0.345. The minimum atomic E-state index is -0.630. The van der Waals surface area contributed by atoms with E-state index in [2.05, 4.69) is 0 Å². The first kappa shape index (κ1) is 14.8. The Kier molecular flexibility index (Phi) is 7.02. The highest BCUT2D eigenvalue weighted by atomic mass is 31.1. The predicted octanol–water partition coefficient (Wildman–Crippen LogP) is 5.32. The molecule has 2 saturated carbocycles. The maximum atomic E-state index is 10.2. The zero-order valence-electron chi connectivity index (χ0n) is 11.9. The van der Waals surface area contributed by atoms with Gasteiger partial charge in [0.2, 0.25) is 0 Å². The normalized spacial score (nSPS) is 23.7. The Hall–Kier alpha value is 0.390. The molecule has 106 valence electrons. The zero-order chi connectivity index (χ0) is 12.6. The second-order valence-corrected chi connectivity index (χ2v) is 8.45. The Bertz CT molecular complexity index is 185. The van der Waals surface area contributed by atoms with E-state index < -0.39 is 8.15 Å². The Morgan fingerprint density at radius 2 is 1.06 bits per heavy atom. The molecule has 1 nitrogen and oxygen atoms in total. The Morgan fingerprint density at radius 1 is 0.667 bits per heavy atom. The van der Waals surface area contributed by atoms with Crippen molar-refractivity contribution in [1.82, 2.24) is 0 Å². The SMILES string of the molecule is OP(CCC1CCCCC1)CCC1CCCCC1. The van der Waals surface area contributed by atoms with E-state index in [9.17, 15) is 4.89 Å². The molecule has 0 bridgehead atoms. The average Bonchev–Trinajstić information content (AvgIpc) is 2.45. The highest BCUT2D eigenvalue weighted by Crippen LogP contribution is 2.38. The molecule has 0 unspecified atom stereocenters. The van der Waals surface area contributed by atoms with Gasteiger partial charge < -0.3 is 4.89 Å². The molecule has 0 heterocycles. The van der Waals surface area contributed by atoms with Crippen molar-refractivity contribution in [2.45, 2.75) is 77.0 Å². The zero-order valence-corrected chi connectivity index (χ0v) is 12.8. The van der Waals surface area contributed by atoms with E-state index in [4.69, 9.17) is 0 Å². The molecule has 0 radical (unpaired) electrons. The van der Waals surface area contributed by atoms with E-state index in [-0.39, 0.29) is 0 Å². The van der Waals surface area contributed by atoms with Crippen LogP contribution in [0.3, 0.4) is 0 Å². The van der Waals surface area contributed by atoms with Crippen LogP contribution in [0, 0.1) is 11.8 Å². The van der Waals surface area contributed by atoms with Gasteiger partial charge in [0.05, 0.1) is 0 Å². The van der Waals surface area contributed by atoms with Crippen LogP contribution >= 0.6 is 8.15 Å². The van der Waals surface area contributed by atoms with Gasteiger partial charge in [0.25, 0.3) is 0 Å². The van der Waals surface area contributed by atoms with Crippen molar-refractivity contribution in [2.24, 2.45) is 11.8 Å². The highest BCUT2D eigenvalue weighted by molar-refractivity contribution is 7.51. The molecule has 1 N–H and O–H groups in total. The molecule has 0 amide bonds. The van der Waals surface area contributed by atoms with Crippen LogP contribution < -0.4 is 0 Å². The van der Waals surface area contributed by atoms with Gasteiger partial charge in [-0.2, -0.15) is 0 Å². The summed E-state index contributed by atoms with van der Waals surface area (Å²) in [5.41, 5.74) is 0. The topological polar surface area (TPSA) is 20.2 Å². The van der Waals surface area contributed by atoms with E-state index in [1.807, 2.05) is 0 Å². The summed E-state index contributed by atoms with van der Waals surface area (Å²) in [5.74, 6) is 1.90. The van der Waals surface area contributed by atoms with Crippen LogP contribution in [0.2, 0.25) is 0 Å². The van der Waals surface area contributed by atoms with E-state index in [1.165, 1.54) is 77.0 Å². The van der Waals surface area contributed by atoms with Crippen LogP contribution in [0.1, 0.15) is 77.0 Å². The summed E-state index contributed by atoms with van der Waals surface area (Å²) < 4.78 is 0. The third kappa shape index (κ3) is 5.57. The van der Waals surface area contributed by atoms with Crippen LogP contribution in [0.5, 0.6) is 0 Å². The predicted molar refractivity (Wildman–Crippen MR) is 81.3 cm³/mol. The number of rotatable bonds is 6. The monoisotopic (exact) mass is 270 g/mol. The Morgan fingerprint density at radius 3 is 1.44 bits per heavy atom. The van der Waals surface area contributed by atoms with Gasteiger partial charge in [-0.05, 0) is 37.0 Å². The minimum Gasteiger partial charge on any atom is -0.374 e. The van der Waals surface area contributed by atoms with Gasteiger partial charge in [-0.15, -0.1) is 0 Å². The molecule has 0 aromatic carbocycles. The van der Waals surface area contributed by atoms with Gasteiger partial charge in [0.1, 0.15) is 0 Å². The molecule has 2 fully saturated rings. The van der Waals surface area contributed by atoms with Gasteiger partial charge in [-0.3, -0.25) is 0 Å². The molecule has 18 heavy (non-hydrogen) atoms. The lowest BCUT2D eigenvalue weighted by Gasteiger charge is -2.24. The van der Waals surface area contributed by atoms with Crippen LogP contribution in [0.15, 0.2) is 0 Å². The van der Waals surface area contributed by atoms with Crippen LogP contribution in [0.25, 0.3) is 0 Å². The van der Waals surface area contributed by atoms with Gasteiger partial charge in [0.15, 0.2) is 0 Å². The molecule has 0 saturated heterocycles. The summed E-state index contributed by atoms with van der Waals surface area (Å²) in [6.07, 6.45) is 19.3. The molecular formula is C16H31OP. The third-order valence-corrected chi connectivity index (χ3v) is 6.59. The molecule has 0 aromatic rings. The van der Waals surface area contributed by atoms with Gasteiger partial charge >= 0.3 is 0 Å². The maximum Gasteiger partial charge on any atom is 0.0251 e. The van der Waals surface area contributed by atoms with E-state index in [0.717, 1.165) is 24.2 Å². The molecule has 0 aromatic heterocycles. The second-order valence-electron chi connectivity index (χ2n) is 6.54. The summed E-state index contributed by atoms with van der Waals surface area (Å²) >= 11 is 0. The van der Waals surface area contributed by atoms with Crippen molar-refractivity contribution in [2.75, 3.05) is 12.3 Å². The largest absolute Gasteiger partial charge is 0.374 e. The molecular weight excluding hydrogens is 239 g/mol. The van der Waals surface area contributed by atoms with Crippen molar-refractivity contribution in [3.8, 4) is 0 Å². The fourth-order valence-electron chi connectivity index (χ4n) is 3.73. The lowest BCUT2D eigenvalue weighted by Crippen LogP contribution is -2.10.